The fourth-order valence-electron chi connectivity index (χ4n) is 4.52. The number of ether oxygens (including phenoxy) is 2. The van der Waals surface area contributed by atoms with Gasteiger partial charge in [-0.05, 0) is 57.6 Å². The van der Waals surface area contributed by atoms with Gasteiger partial charge in [0.15, 0.2) is 16.6 Å². The van der Waals surface area contributed by atoms with E-state index in [1.807, 2.05) is 15.9 Å². The number of piperazine rings is 1. The van der Waals surface area contributed by atoms with Gasteiger partial charge in [0.25, 0.3) is 0 Å². The highest BCUT2D eigenvalue weighted by Crippen LogP contribution is 2.32. The average molecular weight is 420 g/mol. The Hall–Kier alpha value is -2.06. The molecule has 7 nitrogen and oxygen atoms in total. The Kier molecular flexibility index (Phi) is 5.57. The van der Waals surface area contributed by atoms with Crippen molar-refractivity contribution < 1.29 is 19.2 Å². The summed E-state index contributed by atoms with van der Waals surface area (Å²) in [6.45, 7) is 11.5. The second-order valence-electron chi connectivity index (χ2n) is 8.99. The van der Waals surface area contributed by atoms with Crippen LogP contribution in [0.15, 0.2) is 18.2 Å². The highest BCUT2D eigenvalue weighted by atomic mass is 32.1. The average Bonchev–Trinajstić information content (AvgIpc) is 3.12. The summed E-state index contributed by atoms with van der Waals surface area (Å²) in [7, 11) is 0. The van der Waals surface area contributed by atoms with Crippen LogP contribution in [0.25, 0.3) is 0 Å². The molecule has 158 valence electrons. The van der Waals surface area contributed by atoms with Gasteiger partial charge in [-0.25, -0.2) is 0 Å². The van der Waals surface area contributed by atoms with E-state index in [1.54, 1.807) is 0 Å². The van der Waals surface area contributed by atoms with Gasteiger partial charge >= 0.3 is 0 Å². The van der Waals surface area contributed by atoms with Crippen LogP contribution >= 0.6 is 12.2 Å². The van der Waals surface area contributed by atoms with Crippen molar-refractivity contribution in [3.05, 3.63) is 23.8 Å². The van der Waals surface area contributed by atoms with Gasteiger partial charge in [-0.15, -0.1) is 0 Å². The number of thiocarbonyl (C=S) groups is 1. The zero-order valence-corrected chi connectivity index (χ0v) is 18.3. The molecule has 1 atom stereocenters. The van der Waals surface area contributed by atoms with Crippen LogP contribution in [-0.2, 0) is 11.3 Å². The van der Waals surface area contributed by atoms with Gasteiger partial charge in [-0.2, -0.15) is 0 Å². The number of fused-ring (bicyclic) bond motifs is 1. The van der Waals surface area contributed by atoms with E-state index in [9.17, 15) is 4.79 Å². The van der Waals surface area contributed by atoms with Gasteiger partial charge in [0.05, 0.1) is 32.7 Å². The zero-order valence-electron chi connectivity index (χ0n) is 17.5. The van der Waals surface area contributed by atoms with Crippen molar-refractivity contribution in [3.8, 4) is 11.5 Å². The van der Waals surface area contributed by atoms with Gasteiger partial charge in [-0.1, -0.05) is 0 Å². The fraction of sp³-hybridized carbons (Fsp3) is 0.619. The van der Waals surface area contributed by atoms with E-state index in [2.05, 4.69) is 38.2 Å². The van der Waals surface area contributed by atoms with Gasteiger partial charge in [0.1, 0.15) is 6.54 Å². The van der Waals surface area contributed by atoms with Crippen LogP contribution in [0.2, 0.25) is 0 Å². The molecule has 8 heteroatoms. The van der Waals surface area contributed by atoms with Crippen LogP contribution in [0.3, 0.4) is 0 Å². The predicted molar refractivity (Wildman–Crippen MR) is 114 cm³/mol. The fourth-order valence-corrected chi connectivity index (χ4v) is 5.04. The summed E-state index contributed by atoms with van der Waals surface area (Å²) in [4.78, 5) is 18.4. The summed E-state index contributed by atoms with van der Waals surface area (Å²) in [6.07, 6.45) is 0.966. The largest absolute Gasteiger partial charge is 0.454 e. The Morgan fingerprint density at radius 3 is 2.72 bits per heavy atom. The number of rotatable bonds is 4. The Balaban J connectivity index is 1.27. The lowest BCUT2D eigenvalue weighted by Crippen LogP contribution is -3.13. The smallest absolute Gasteiger partial charge is 0.242 e. The van der Waals surface area contributed by atoms with Crippen LogP contribution in [0.1, 0.15) is 32.8 Å². The molecule has 2 saturated heterocycles. The lowest BCUT2D eigenvalue weighted by molar-refractivity contribution is -0.917. The minimum atomic E-state index is -0.0141. The number of hydrogen-bond donors (Lipinski definition) is 2. The van der Waals surface area contributed by atoms with E-state index < -0.39 is 0 Å². The third kappa shape index (κ3) is 4.59. The van der Waals surface area contributed by atoms with Crippen LogP contribution in [0, 0.1) is 0 Å². The monoisotopic (exact) mass is 419 g/mol. The van der Waals surface area contributed by atoms with E-state index in [4.69, 9.17) is 21.7 Å². The second kappa shape index (κ2) is 7.99. The van der Waals surface area contributed by atoms with Crippen molar-refractivity contribution in [2.75, 3.05) is 39.5 Å². The Morgan fingerprint density at radius 2 is 2.00 bits per heavy atom. The van der Waals surface area contributed by atoms with Crippen molar-refractivity contribution in [3.63, 3.8) is 0 Å². The highest BCUT2D eigenvalue weighted by Gasteiger charge is 2.35. The molecule has 3 aliphatic rings. The first-order valence-corrected chi connectivity index (χ1v) is 10.8. The zero-order chi connectivity index (χ0) is 20.6. The molecular formula is C21H31N4O3S+. The van der Waals surface area contributed by atoms with Crippen molar-refractivity contribution >= 4 is 23.2 Å². The quantitative estimate of drug-likeness (QED) is 0.689. The van der Waals surface area contributed by atoms with Gasteiger partial charge in [0.2, 0.25) is 12.7 Å². The third-order valence-electron chi connectivity index (χ3n) is 6.06. The number of nitrogens with one attached hydrogen (secondary N) is 2. The lowest BCUT2D eigenvalue weighted by Gasteiger charge is -2.45. The molecule has 1 amide bonds. The van der Waals surface area contributed by atoms with E-state index >= 15 is 0 Å². The molecule has 0 spiro atoms. The number of nitrogens with zero attached hydrogens (tertiary/aromatic N) is 2. The first-order valence-electron chi connectivity index (χ1n) is 10.4. The summed E-state index contributed by atoms with van der Waals surface area (Å²) < 4.78 is 10.9. The molecule has 0 bridgehead atoms. The van der Waals surface area contributed by atoms with E-state index in [0.29, 0.717) is 18.5 Å². The molecule has 1 aromatic carbocycles. The molecule has 29 heavy (non-hydrogen) atoms. The number of carbonyl (C=O) groups is 1. The van der Waals surface area contributed by atoms with Crippen LogP contribution in [-0.4, -0.2) is 71.9 Å². The van der Waals surface area contributed by atoms with Crippen molar-refractivity contribution in [1.82, 2.24) is 15.1 Å². The second-order valence-corrected chi connectivity index (χ2v) is 9.38. The molecule has 3 heterocycles. The summed E-state index contributed by atoms with van der Waals surface area (Å²) in [5, 5.41) is 4.05. The molecule has 3 aliphatic heterocycles. The topological polar surface area (TPSA) is 58.5 Å². The van der Waals surface area contributed by atoms with Crippen molar-refractivity contribution in [2.24, 2.45) is 0 Å². The molecule has 1 aromatic rings. The maximum atomic E-state index is 12.9. The summed E-state index contributed by atoms with van der Waals surface area (Å²) in [5.74, 6) is 1.82. The van der Waals surface area contributed by atoms with Gasteiger partial charge in [0, 0.05) is 17.1 Å². The lowest BCUT2D eigenvalue weighted by atomic mass is 9.93. The number of amides is 1. The van der Waals surface area contributed by atoms with Crippen molar-refractivity contribution in [2.45, 2.75) is 45.3 Å². The molecule has 1 unspecified atom stereocenters. The number of quaternary nitrogens is 1. The number of benzene rings is 1. The summed E-state index contributed by atoms with van der Waals surface area (Å²) in [6, 6.07) is 6.42. The Labute approximate surface area is 177 Å². The van der Waals surface area contributed by atoms with E-state index in [-0.39, 0.29) is 17.5 Å². The van der Waals surface area contributed by atoms with Crippen LogP contribution in [0.4, 0.5) is 0 Å². The predicted octanol–water partition coefficient (Wildman–Crippen LogP) is 0.390. The first kappa shape index (κ1) is 20.2. The molecular weight excluding hydrogens is 388 g/mol. The molecule has 2 fully saturated rings. The third-order valence-corrected chi connectivity index (χ3v) is 6.40. The van der Waals surface area contributed by atoms with Crippen LogP contribution < -0.4 is 19.7 Å². The maximum absolute atomic E-state index is 12.9. The minimum absolute atomic E-state index is 0.0141. The van der Waals surface area contributed by atoms with Gasteiger partial charge in [-0.3, -0.25) is 4.79 Å². The normalized spacial score (nSPS) is 23.8. The molecule has 4 rings (SSSR count). The standard InChI is InChI=1S/C21H30N4O3S/c1-15-11-21(2,3)22-20(29)25(15)13-19(26)24-8-6-23(7-9-24)12-16-4-5-17-18(10-16)28-14-27-17/h4-5,10,15H,6-9,11-14H2,1-3H3,(H,22,29)/p+1. The Morgan fingerprint density at radius 1 is 1.28 bits per heavy atom. The number of hydrogen-bond acceptors (Lipinski definition) is 4. The molecule has 2 N–H and O–H groups in total. The molecule has 0 saturated carbocycles. The van der Waals surface area contributed by atoms with Crippen LogP contribution in [0.5, 0.6) is 11.5 Å². The molecule has 0 radical (unpaired) electrons. The van der Waals surface area contributed by atoms with Gasteiger partial charge < -0.3 is 29.5 Å². The molecule has 0 aromatic heterocycles. The van der Waals surface area contributed by atoms with E-state index in [0.717, 1.165) is 50.6 Å². The number of carbonyl (C=O) groups excluding carboxylic acids is 1. The van der Waals surface area contributed by atoms with E-state index in [1.165, 1.54) is 10.5 Å². The molecule has 0 aliphatic carbocycles. The Bertz CT molecular complexity index is 792. The summed E-state index contributed by atoms with van der Waals surface area (Å²) in [5.41, 5.74) is 1.23. The highest BCUT2D eigenvalue weighted by molar-refractivity contribution is 7.80. The minimum Gasteiger partial charge on any atom is -0.454 e. The summed E-state index contributed by atoms with van der Waals surface area (Å²) >= 11 is 5.52. The van der Waals surface area contributed by atoms with Crippen molar-refractivity contribution in [1.29, 1.82) is 0 Å². The SMILES string of the molecule is CC1CC(C)(C)NC(=S)N1CC(=O)N1CC[NH+](Cc2ccc3c(c2)OCO3)CC1. The first-order chi connectivity index (χ1) is 13.8. The maximum Gasteiger partial charge on any atom is 0.242 e.